The molecule has 1 aliphatic carbocycles. The van der Waals surface area contributed by atoms with Gasteiger partial charge in [0.1, 0.15) is 0 Å². The summed E-state index contributed by atoms with van der Waals surface area (Å²) in [6.45, 7) is 4.83. The Bertz CT molecular complexity index is 1380. The molecule has 1 heterocycles. The highest BCUT2D eigenvalue weighted by molar-refractivity contribution is 5.82. The van der Waals surface area contributed by atoms with Crippen molar-refractivity contribution < 1.29 is 57.1 Å². The number of carbonyl (C=O) groups excluding carboxylic acids is 5. The van der Waals surface area contributed by atoms with Crippen LogP contribution in [-0.2, 0) is 35.1 Å². The molecular weight excluding hydrogens is 528 g/mol. The maximum atomic E-state index is 13.1. The largest absolute Gasteiger partial charge is 0.493 e. The van der Waals surface area contributed by atoms with Gasteiger partial charge in [-0.05, 0) is 35.7 Å². The molecule has 0 amide bonds. The summed E-state index contributed by atoms with van der Waals surface area (Å²) in [4.78, 5) is 61.0. The molecule has 0 N–H and O–H groups in total. The predicted octanol–water partition coefficient (Wildman–Crippen LogP) is 2.88. The van der Waals surface area contributed by atoms with E-state index < -0.39 is 41.7 Å². The Morgan fingerprint density at radius 1 is 0.725 bits per heavy atom. The van der Waals surface area contributed by atoms with Crippen LogP contribution in [0.2, 0.25) is 0 Å². The SMILES string of the molecule is COc1cc([C@@H]2c3cc(OC(C)=O)c(OC(C)=O)c(OC(C)=O)c3CC3COC(=O)[C@@H]32)cc(OC)c1OC(C)=O. The molecule has 4 rings (SSSR count). The van der Waals surface area contributed by atoms with Gasteiger partial charge in [0.2, 0.25) is 11.5 Å². The Morgan fingerprint density at radius 3 is 1.77 bits per heavy atom. The second-order valence-electron chi connectivity index (χ2n) is 9.33. The van der Waals surface area contributed by atoms with E-state index in [-0.39, 0.29) is 53.4 Å². The van der Waals surface area contributed by atoms with Crippen molar-refractivity contribution in [3.8, 4) is 34.5 Å². The molecular formula is C28H28O12. The summed E-state index contributed by atoms with van der Waals surface area (Å²) < 4.78 is 38.0. The zero-order valence-electron chi connectivity index (χ0n) is 22.8. The Hall–Kier alpha value is -4.61. The van der Waals surface area contributed by atoms with Crippen LogP contribution in [0.4, 0.5) is 0 Å². The van der Waals surface area contributed by atoms with Crippen molar-refractivity contribution in [3.05, 3.63) is 34.9 Å². The number of cyclic esters (lactones) is 1. The highest BCUT2D eigenvalue weighted by Crippen LogP contribution is 2.55. The number of ether oxygens (including phenoxy) is 7. The summed E-state index contributed by atoms with van der Waals surface area (Å²) in [5, 5.41) is 0. The van der Waals surface area contributed by atoms with E-state index >= 15 is 0 Å². The number of hydrogen-bond acceptors (Lipinski definition) is 12. The zero-order chi connectivity index (χ0) is 29.3. The van der Waals surface area contributed by atoms with Crippen molar-refractivity contribution in [1.29, 1.82) is 0 Å². The van der Waals surface area contributed by atoms with Crippen LogP contribution in [0.5, 0.6) is 34.5 Å². The van der Waals surface area contributed by atoms with Crippen molar-refractivity contribution in [1.82, 2.24) is 0 Å². The molecule has 12 nitrogen and oxygen atoms in total. The van der Waals surface area contributed by atoms with Crippen molar-refractivity contribution in [2.24, 2.45) is 11.8 Å². The quantitative estimate of drug-likeness (QED) is 0.364. The highest BCUT2D eigenvalue weighted by Gasteiger charge is 2.49. The van der Waals surface area contributed by atoms with Gasteiger partial charge in [-0.15, -0.1) is 0 Å². The number of hydrogen-bond donors (Lipinski definition) is 0. The van der Waals surface area contributed by atoms with Gasteiger partial charge in [0, 0.05) is 45.1 Å². The van der Waals surface area contributed by atoms with Crippen LogP contribution >= 0.6 is 0 Å². The van der Waals surface area contributed by atoms with Crippen molar-refractivity contribution in [2.75, 3.05) is 20.8 Å². The molecule has 0 aromatic heterocycles. The number of benzene rings is 2. The second kappa shape index (κ2) is 11.2. The second-order valence-corrected chi connectivity index (χ2v) is 9.33. The lowest BCUT2D eigenvalue weighted by atomic mass is 9.67. The summed E-state index contributed by atoms with van der Waals surface area (Å²) in [7, 11) is 2.77. The minimum absolute atomic E-state index is 0.0502. The Balaban J connectivity index is 2.05. The van der Waals surface area contributed by atoms with Crippen LogP contribution in [0.3, 0.4) is 0 Å². The van der Waals surface area contributed by atoms with Gasteiger partial charge in [0.15, 0.2) is 23.0 Å². The lowest BCUT2D eigenvalue weighted by Gasteiger charge is -2.35. The van der Waals surface area contributed by atoms with Gasteiger partial charge in [0.05, 0.1) is 26.7 Å². The number of carbonyl (C=O) groups is 5. The summed E-state index contributed by atoms with van der Waals surface area (Å²) in [6.07, 6.45) is 0.235. The molecule has 0 spiro atoms. The maximum absolute atomic E-state index is 13.1. The van der Waals surface area contributed by atoms with Gasteiger partial charge in [0.25, 0.3) is 0 Å². The van der Waals surface area contributed by atoms with Crippen LogP contribution in [0, 0.1) is 11.8 Å². The summed E-state index contributed by atoms with van der Waals surface area (Å²) >= 11 is 0. The first-order chi connectivity index (χ1) is 18.9. The van der Waals surface area contributed by atoms with Crippen LogP contribution in [0.1, 0.15) is 50.3 Å². The van der Waals surface area contributed by atoms with Crippen LogP contribution in [-0.4, -0.2) is 50.7 Å². The van der Waals surface area contributed by atoms with E-state index in [1.54, 1.807) is 12.1 Å². The monoisotopic (exact) mass is 556 g/mol. The minimum atomic E-state index is -0.743. The number of esters is 5. The molecule has 212 valence electrons. The highest BCUT2D eigenvalue weighted by atomic mass is 16.6. The molecule has 2 aromatic carbocycles. The van der Waals surface area contributed by atoms with E-state index in [1.807, 2.05) is 0 Å². The Labute approximate surface area is 229 Å². The summed E-state index contributed by atoms with van der Waals surface area (Å²) in [5.74, 6) is -5.11. The lowest BCUT2D eigenvalue weighted by Crippen LogP contribution is -2.32. The van der Waals surface area contributed by atoms with E-state index in [1.165, 1.54) is 34.1 Å². The fourth-order valence-corrected chi connectivity index (χ4v) is 5.23. The molecule has 1 unspecified atom stereocenters. The minimum Gasteiger partial charge on any atom is -0.493 e. The van der Waals surface area contributed by atoms with E-state index in [2.05, 4.69) is 0 Å². The Kier molecular flexibility index (Phi) is 7.98. The number of rotatable bonds is 7. The predicted molar refractivity (Wildman–Crippen MR) is 135 cm³/mol. The first kappa shape index (κ1) is 28.4. The number of methoxy groups -OCH3 is 2. The average Bonchev–Trinajstić information content (AvgIpc) is 3.24. The van der Waals surface area contributed by atoms with E-state index in [0.717, 1.165) is 13.8 Å². The van der Waals surface area contributed by atoms with Crippen LogP contribution in [0.25, 0.3) is 0 Å². The van der Waals surface area contributed by atoms with Crippen molar-refractivity contribution >= 4 is 29.8 Å². The molecule has 1 fully saturated rings. The third kappa shape index (κ3) is 5.42. The van der Waals surface area contributed by atoms with E-state index in [9.17, 15) is 24.0 Å². The molecule has 0 radical (unpaired) electrons. The fourth-order valence-electron chi connectivity index (χ4n) is 5.23. The molecule has 12 heteroatoms. The topological polar surface area (TPSA) is 150 Å². The number of fused-ring (bicyclic) bond motifs is 2. The molecule has 1 aliphatic heterocycles. The molecule has 40 heavy (non-hydrogen) atoms. The Morgan fingerprint density at radius 2 is 1.25 bits per heavy atom. The summed E-state index contributed by atoms with van der Waals surface area (Å²) in [5.41, 5.74) is 1.45. The van der Waals surface area contributed by atoms with E-state index in [0.29, 0.717) is 16.7 Å². The molecule has 0 bridgehead atoms. The molecule has 1 saturated heterocycles. The van der Waals surface area contributed by atoms with Gasteiger partial charge in [-0.3, -0.25) is 24.0 Å². The lowest BCUT2D eigenvalue weighted by molar-refractivity contribution is -0.141. The van der Waals surface area contributed by atoms with Gasteiger partial charge in [-0.2, -0.15) is 0 Å². The standard InChI is InChI=1S/C28H28O12/c1-12(29)37-22-10-18-19(25(38-13(2)30)27(22)40-15(4)32)7-17-11-36-28(33)24(17)23(18)16-8-20(34-5)26(39-14(3)31)21(9-16)35-6/h8-10,17,23-24H,7,11H2,1-6H3/t17?,23-,24+/m1/s1. The average molecular weight is 557 g/mol. The third-order valence-corrected chi connectivity index (χ3v) is 6.55. The van der Waals surface area contributed by atoms with Crippen LogP contribution in [0.15, 0.2) is 18.2 Å². The van der Waals surface area contributed by atoms with E-state index in [4.69, 9.17) is 33.2 Å². The van der Waals surface area contributed by atoms with Gasteiger partial charge >= 0.3 is 29.8 Å². The fraction of sp³-hybridized carbons (Fsp3) is 0.393. The molecule has 3 atom stereocenters. The zero-order valence-corrected chi connectivity index (χ0v) is 22.8. The van der Waals surface area contributed by atoms with Crippen molar-refractivity contribution in [2.45, 2.75) is 40.0 Å². The first-order valence-electron chi connectivity index (χ1n) is 12.3. The third-order valence-electron chi connectivity index (χ3n) is 6.55. The van der Waals surface area contributed by atoms with Crippen molar-refractivity contribution in [3.63, 3.8) is 0 Å². The van der Waals surface area contributed by atoms with Crippen LogP contribution < -0.4 is 28.4 Å². The summed E-state index contributed by atoms with van der Waals surface area (Å²) in [6, 6.07) is 4.67. The molecule has 2 aliphatic rings. The molecule has 0 saturated carbocycles. The van der Waals surface area contributed by atoms with Gasteiger partial charge < -0.3 is 33.2 Å². The maximum Gasteiger partial charge on any atom is 0.310 e. The molecule has 2 aromatic rings. The smallest absolute Gasteiger partial charge is 0.310 e. The first-order valence-corrected chi connectivity index (χ1v) is 12.3. The van der Waals surface area contributed by atoms with Gasteiger partial charge in [-0.1, -0.05) is 0 Å². The normalized spacial score (nSPS) is 18.9. The van der Waals surface area contributed by atoms with Gasteiger partial charge in [-0.25, -0.2) is 0 Å².